The Kier molecular flexibility index (Phi) is 7.25. The summed E-state index contributed by atoms with van der Waals surface area (Å²) in [6.07, 6.45) is 0. The lowest BCUT2D eigenvalue weighted by atomic mass is 9.68. The van der Waals surface area contributed by atoms with Gasteiger partial charge in [0.2, 0.25) is 0 Å². The first-order valence-electron chi connectivity index (χ1n) is 11.1. The molecule has 32 heavy (non-hydrogen) atoms. The van der Waals surface area contributed by atoms with Crippen LogP contribution in [-0.4, -0.2) is 49.8 Å². The summed E-state index contributed by atoms with van der Waals surface area (Å²) in [7, 11) is 1.68. The molecule has 0 aromatic heterocycles. The van der Waals surface area contributed by atoms with Gasteiger partial charge >= 0.3 is 0 Å². The van der Waals surface area contributed by atoms with E-state index in [2.05, 4.69) is 4.90 Å². The number of hydrogen-bond donors (Lipinski definition) is 0. The van der Waals surface area contributed by atoms with Gasteiger partial charge in [0.15, 0.2) is 11.6 Å². The number of likely N-dealkylation sites (tertiary alicyclic amines) is 1. The number of carbonyl (C=O) groups is 2. The molecule has 3 atom stereocenters. The second-order valence-electron chi connectivity index (χ2n) is 8.36. The van der Waals surface area contributed by atoms with E-state index >= 15 is 0 Å². The highest BCUT2D eigenvalue weighted by molar-refractivity contribution is 6.02. The summed E-state index contributed by atoms with van der Waals surface area (Å²) >= 11 is 0. The number of ketones is 2. The fraction of sp³-hybridized carbons (Fsp3) is 0.286. The standard InChI is InChI=1S/C28H29NO3/c1-32-18-17-29-19-24(27(30)22-13-7-3-8-14-22)26(21-11-5-2-6-12-21)25(20-29)28(31)23-15-9-4-10-16-23/h2-16,24-26H,17-20H2,1H3/t24-,25+,26+. The highest BCUT2D eigenvalue weighted by Crippen LogP contribution is 2.40. The van der Waals surface area contributed by atoms with Crippen LogP contribution in [0.25, 0.3) is 0 Å². The normalized spacial score (nSPS) is 21.2. The van der Waals surface area contributed by atoms with Crippen molar-refractivity contribution in [3.63, 3.8) is 0 Å². The summed E-state index contributed by atoms with van der Waals surface area (Å²) in [6.45, 7) is 2.47. The molecule has 4 heteroatoms. The minimum atomic E-state index is -0.317. The van der Waals surface area contributed by atoms with Crippen molar-refractivity contribution in [3.8, 4) is 0 Å². The highest BCUT2D eigenvalue weighted by atomic mass is 16.5. The first kappa shape index (κ1) is 22.1. The Bertz CT molecular complexity index is 959. The summed E-state index contributed by atoms with van der Waals surface area (Å²) in [5.41, 5.74) is 2.43. The zero-order chi connectivity index (χ0) is 22.3. The average molecular weight is 428 g/mol. The zero-order valence-corrected chi connectivity index (χ0v) is 18.4. The van der Waals surface area contributed by atoms with Crippen LogP contribution in [0.4, 0.5) is 0 Å². The number of benzene rings is 3. The lowest BCUT2D eigenvalue weighted by molar-refractivity contribution is 0.0498. The number of methoxy groups -OCH3 is 1. The molecule has 1 heterocycles. The van der Waals surface area contributed by atoms with Gasteiger partial charge in [0, 0.05) is 55.6 Å². The van der Waals surface area contributed by atoms with Crippen LogP contribution in [0.15, 0.2) is 91.0 Å². The molecule has 1 saturated heterocycles. The molecular formula is C28H29NO3. The quantitative estimate of drug-likeness (QED) is 0.488. The van der Waals surface area contributed by atoms with Crippen molar-refractivity contribution < 1.29 is 14.3 Å². The van der Waals surface area contributed by atoms with E-state index in [1.807, 2.05) is 91.0 Å². The fourth-order valence-corrected chi connectivity index (χ4v) is 4.81. The summed E-state index contributed by atoms with van der Waals surface area (Å²) in [5.74, 6) is -0.638. The molecule has 164 valence electrons. The van der Waals surface area contributed by atoms with Gasteiger partial charge in [0.1, 0.15) is 0 Å². The van der Waals surface area contributed by atoms with Gasteiger partial charge in [0.25, 0.3) is 0 Å². The first-order valence-corrected chi connectivity index (χ1v) is 11.1. The zero-order valence-electron chi connectivity index (χ0n) is 18.4. The number of piperidine rings is 1. The van der Waals surface area contributed by atoms with E-state index in [0.717, 1.165) is 5.56 Å². The van der Waals surface area contributed by atoms with Crippen molar-refractivity contribution in [1.82, 2.24) is 4.90 Å². The van der Waals surface area contributed by atoms with Gasteiger partial charge in [-0.05, 0) is 5.56 Å². The second kappa shape index (κ2) is 10.5. The number of carbonyl (C=O) groups excluding carboxylic acids is 2. The van der Waals surface area contributed by atoms with E-state index in [-0.39, 0.29) is 29.3 Å². The Hall–Kier alpha value is -3.08. The van der Waals surface area contributed by atoms with Gasteiger partial charge in [-0.3, -0.25) is 14.5 Å². The Labute approximate surface area is 189 Å². The number of ether oxygens (including phenoxy) is 1. The topological polar surface area (TPSA) is 46.6 Å². The van der Waals surface area contributed by atoms with Crippen LogP contribution in [0.3, 0.4) is 0 Å². The van der Waals surface area contributed by atoms with E-state index in [9.17, 15) is 9.59 Å². The van der Waals surface area contributed by atoms with Crippen LogP contribution < -0.4 is 0 Å². The van der Waals surface area contributed by atoms with Crippen molar-refractivity contribution in [2.45, 2.75) is 5.92 Å². The number of nitrogens with zero attached hydrogens (tertiary/aromatic N) is 1. The lowest BCUT2D eigenvalue weighted by Gasteiger charge is -2.43. The van der Waals surface area contributed by atoms with Crippen LogP contribution >= 0.6 is 0 Å². The molecule has 0 N–H and O–H groups in total. The molecule has 1 aliphatic rings. The minimum absolute atomic E-state index is 0.0902. The average Bonchev–Trinajstić information content (AvgIpc) is 2.87. The molecule has 0 unspecified atom stereocenters. The van der Waals surface area contributed by atoms with Crippen LogP contribution in [0.1, 0.15) is 32.2 Å². The maximum absolute atomic E-state index is 13.7. The highest BCUT2D eigenvalue weighted by Gasteiger charge is 2.44. The molecule has 3 aromatic rings. The maximum Gasteiger partial charge on any atom is 0.167 e. The maximum atomic E-state index is 13.7. The third-order valence-electron chi connectivity index (χ3n) is 6.36. The van der Waals surface area contributed by atoms with Gasteiger partial charge in [0.05, 0.1) is 6.61 Å². The van der Waals surface area contributed by atoms with Crippen molar-refractivity contribution in [1.29, 1.82) is 0 Å². The van der Waals surface area contributed by atoms with E-state index in [4.69, 9.17) is 4.74 Å². The number of Topliss-reactive ketones (excluding diaryl/α,β-unsaturated/α-hetero) is 2. The second-order valence-corrected chi connectivity index (χ2v) is 8.36. The molecule has 0 amide bonds. The Balaban J connectivity index is 1.77. The monoisotopic (exact) mass is 427 g/mol. The Morgan fingerprint density at radius 1 is 0.750 bits per heavy atom. The van der Waals surface area contributed by atoms with E-state index < -0.39 is 0 Å². The molecule has 0 radical (unpaired) electrons. The molecule has 4 nitrogen and oxygen atoms in total. The SMILES string of the molecule is COCCN1C[C@H](C(=O)c2ccccc2)[C@@H](c2ccccc2)[C@H](C(=O)c2ccccc2)C1. The van der Waals surface area contributed by atoms with Crippen molar-refractivity contribution in [3.05, 3.63) is 108 Å². The predicted octanol–water partition coefficient (Wildman–Crippen LogP) is 4.73. The van der Waals surface area contributed by atoms with Crippen LogP contribution in [0.5, 0.6) is 0 Å². The summed E-state index contributed by atoms with van der Waals surface area (Å²) < 4.78 is 5.31. The minimum Gasteiger partial charge on any atom is -0.383 e. The summed E-state index contributed by atoms with van der Waals surface area (Å²) in [4.78, 5) is 29.7. The van der Waals surface area contributed by atoms with Gasteiger partial charge in [-0.15, -0.1) is 0 Å². The van der Waals surface area contributed by atoms with Crippen molar-refractivity contribution in [2.24, 2.45) is 11.8 Å². The summed E-state index contributed by atoms with van der Waals surface area (Å²) in [5, 5.41) is 0. The largest absolute Gasteiger partial charge is 0.383 e. The van der Waals surface area contributed by atoms with Gasteiger partial charge in [-0.2, -0.15) is 0 Å². The molecule has 3 aromatic carbocycles. The van der Waals surface area contributed by atoms with Gasteiger partial charge in [-0.1, -0.05) is 91.0 Å². The third-order valence-corrected chi connectivity index (χ3v) is 6.36. The van der Waals surface area contributed by atoms with E-state index in [1.165, 1.54) is 0 Å². The smallest absolute Gasteiger partial charge is 0.167 e. The predicted molar refractivity (Wildman–Crippen MR) is 126 cm³/mol. The first-order chi connectivity index (χ1) is 15.7. The molecule has 0 saturated carbocycles. The van der Waals surface area contributed by atoms with Crippen LogP contribution in [0, 0.1) is 11.8 Å². The fourth-order valence-electron chi connectivity index (χ4n) is 4.81. The Morgan fingerprint density at radius 2 is 1.19 bits per heavy atom. The third kappa shape index (κ3) is 4.87. The van der Waals surface area contributed by atoms with E-state index in [1.54, 1.807) is 7.11 Å². The molecule has 4 rings (SSSR count). The Morgan fingerprint density at radius 3 is 1.62 bits per heavy atom. The van der Waals surface area contributed by atoms with Gasteiger partial charge < -0.3 is 4.74 Å². The van der Waals surface area contributed by atoms with Gasteiger partial charge in [-0.25, -0.2) is 0 Å². The lowest BCUT2D eigenvalue weighted by Crippen LogP contribution is -2.51. The molecule has 0 spiro atoms. The van der Waals surface area contributed by atoms with Crippen LogP contribution in [-0.2, 0) is 4.74 Å². The molecular weight excluding hydrogens is 398 g/mol. The van der Waals surface area contributed by atoms with Crippen LogP contribution in [0.2, 0.25) is 0 Å². The molecule has 1 aliphatic heterocycles. The van der Waals surface area contributed by atoms with E-state index in [0.29, 0.717) is 37.4 Å². The van der Waals surface area contributed by atoms with Crippen molar-refractivity contribution >= 4 is 11.6 Å². The number of rotatable bonds is 8. The summed E-state index contributed by atoms with van der Waals surface area (Å²) in [6, 6.07) is 28.9. The molecule has 0 aliphatic carbocycles. The number of hydrogen-bond acceptors (Lipinski definition) is 4. The molecule has 0 bridgehead atoms. The molecule has 1 fully saturated rings. The van der Waals surface area contributed by atoms with Crippen molar-refractivity contribution in [2.75, 3.05) is 33.4 Å².